The molecule has 4 atom stereocenters. The highest BCUT2D eigenvalue weighted by atomic mass is 19.1. The molecule has 132 valence electrons. The van der Waals surface area contributed by atoms with Crippen LogP contribution in [0, 0.1) is 11.7 Å². The lowest BCUT2D eigenvalue weighted by Gasteiger charge is -2.25. The number of halogens is 1. The number of methoxy groups -OCH3 is 1. The van der Waals surface area contributed by atoms with Crippen LogP contribution in [0.4, 0.5) is 4.39 Å². The number of benzene rings is 2. The van der Waals surface area contributed by atoms with Crippen LogP contribution < -0.4 is 15.4 Å². The van der Waals surface area contributed by atoms with Gasteiger partial charge in [0.1, 0.15) is 11.6 Å². The van der Waals surface area contributed by atoms with Crippen molar-refractivity contribution in [1.29, 1.82) is 0 Å². The first-order valence-electron chi connectivity index (χ1n) is 9.13. The molecule has 4 rings (SSSR count). The van der Waals surface area contributed by atoms with E-state index in [0.29, 0.717) is 30.6 Å². The van der Waals surface area contributed by atoms with Gasteiger partial charge in [0.05, 0.1) is 7.11 Å². The van der Waals surface area contributed by atoms with E-state index in [-0.39, 0.29) is 5.82 Å². The Labute approximate surface area is 148 Å². The second-order valence-corrected chi connectivity index (χ2v) is 7.12. The Bertz CT molecular complexity index is 721. The Kier molecular flexibility index (Phi) is 4.73. The van der Waals surface area contributed by atoms with Crippen LogP contribution in [0.5, 0.6) is 5.75 Å². The third-order valence-electron chi connectivity index (χ3n) is 5.71. The number of hydrogen-bond acceptors (Lipinski definition) is 3. The molecule has 0 radical (unpaired) electrons. The third-order valence-corrected chi connectivity index (χ3v) is 5.71. The van der Waals surface area contributed by atoms with Crippen LogP contribution in [-0.2, 0) is 6.54 Å². The Balaban J connectivity index is 1.55. The second-order valence-electron chi connectivity index (χ2n) is 7.12. The smallest absolute Gasteiger partial charge is 0.123 e. The maximum atomic E-state index is 13.6. The van der Waals surface area contributed by atoms with Crippen molar-refractivity contribution in [1.82, 2.24) is 10.6 Å². The van der Waals surface area contributed by atoms with Crippen LogP contribution in [-0.4, -0.2) is 19.2 Å². The summed E-state index contributed by atoms with van der Waals surface area (Å²) in [5.41, 5.74) is 2.19. The summed E-state index contributed by atoms with van der Waals surface area (Å²) in [5.74, 6) is 1.14. The fourth-order valence-electron chi connectivity index (χ4n) is 4.55. The van der Waals surface area contributed by atoms with E-state index in [2.05, 4.69) is 41.0 Å². The number of nitrogens with one attached hydrogen (secondary N) is 2. The van der Waals surface area contributed by atoms with Crippen LogP contribution in [0.1, 0.15) is 36.4 Å². The standard InChI is InChI=1S/C21H25FN2O/c1-25-19-11-10-16(22)12-15(19)13-23-21-17-8-5-9-18(17)24-20(21)14-6-3-2-4-7-14/h2-4,6-7,10-12,17-18,20-21,23-24H,5,8-9,13H2,1H3. The molecule has 4 unspecified atom stereocenters. The normalized spacial score (nSPS) is 28.1. The maximum Gasteiger partial charge on any atom is 0.123 e. The summed E-state index contributed by atoms with van der Waals surface area (Å²) in [6, 6.07) is 16.6. The summed E-state index contributed by atoms with van der Waals surface area (Å²) in [5, 5.41) is 7.54. The fraction of sp³-hybridized carbons (Fsp3) is 0.429. The topological polar surface area (TPSA) is 33.3 Å². The molecule has 0 aromatic heterocycles. The molecule has 2 aromatic rings. The molecule has 0 amide bonds. The molecule has 2 aliphatic rings. The van der Waals surface area contributed by atoms with Gasteiger partial charge in [-0.2, -0.15) is 0 Å². The van der Waals surface area contributed by atoms with Crippen molar-refractivity contribution >= 4 is 0 Å². The summed E-state index contributed by atoms with van der Waals surface area (Å²) in [6.45, 7) is 0.611. The van der Waals surface area contributed by atoms with E-state index < -0.39 is 0 Å². The van der Waals surface area contributed by atoms with E-state index in [0.717, 1.165) is 11.3 Å². The van der Waals surface area contributed by atoms with Gasteiger partial charge in [0.25, 0.3) is 0 Å². The summed E-state index contributed by atoms with van der Waals surface area (Å²) in [6.07, 6.45) is 3.78. The summed E-state index contributed by atoms with van der Waals surface area (Å²) < 4.78 is 19.0. The van der Waals surface area contributed by atoms with Crippen molar-refractivity contribution in [3.8, 4) is 5.75 Å². The summed E-state index contributed by atoms with van der Waals surface area (Å²) in [4.78, 5) is 0. The molecule has 1 saturated heterocycles. The Morgan fingerprint density at radius 2 is 2.00 bits per heavy atom. The molecule has 2 N–H and O–H groups in total. The Morgan fingerprint density at radius 3 is 2.80 bits per heavy atom. The van der Waals surface area contributed by atoms with E-state index in [1.54, 1.807) is 19.2 Å². The van der Waals surface area contributed by atoms with E-state index in [1.165, 1.54) is 30.9 Å². The van der Waals surface area contributed by atoms with E-state index >= 15 is 0 Å². The highest BCUT2D eigenvalue weighted by Gasteiger charge is 2.45. The average Bonchev–Trinajstić information content (AvgIpc) is 3.22. The van der Waals surface area contributed by atoms with Gasteiger partial charge in [0, 0.05) is 30.2 Å². The van der Waals surface area contributed by atoms with Crippen molar-refractivity contribution in [3.63, 3.8) is 0 Å². The monoisotopic (exact) mass is 340 g/mol. The van der Waals surface area contributed by atoms with Crippen LogP contribution in [0.25, 0.3) is 0 Å². The van der Waals surface area contributed by atoms with Gasteiger partial charge in [0.15, 0.2) is 0 Å². The molecule has 2 fully saturated rings. The van der Waals surface area contributed by atoms with Crippen LogP contribution in [0.2, 0.25) is 0 Å². The van der Waals surface area contributed by atoms with Crippen molar-refractivity contribution in [2.45, 2.75) is 43.9 Å². The predicted molar refractivity (Wildman–Crippen MR) is 97.0 cm³/mol. The zero-order valence-corrected chi connectivity index (χ0v) is 14.5. The highest BCUT2D eigenvalue weighted by Crippen LogP contribution is 2.41. The molecule has 2 aromatic carbocycles. The van der Waals surface area contributed by atoms with Gasteiger partial charge >= 0.3 is 0 Å². The molecule has 1 aliphatic heterocycles. The molecule has 1 saturated carbocycles. The molecule has 1 heterocycles. The first-order valence-corrected chi connectivity index (χ1v) is 9.13. The average molecular weight is 340 g/mol. The molecular formula is C21H25FN2O. The molecule has 25 heavy (non-hydrogen) atoms. The lowest BCUT2D eigenvalue weighted by Crippen LogP contribution is -2.37. The van der Waals surface area contributed by atoms with Gasteiger partial charge in [-0.15, -0.1) is 0 Å². The zero-order chi connectivity index (χ0) is 17.2. The first-order chi connectivity index (χ1) is 12.3. The summed E-state index contributed by atoms with van der Waals surface area (Å²) >= 11 is 0. The van der Waals surface area contributed by atoms with Crippen molar-refractivity contribution < 1.29 is 9.13 Å². The molecular weight excluding hydrogens is 315 g/mol. The van der Waals surface area contributed by atoms with E-state index in [1.807, 2.05) is 0 Å². The number of fused-ring (bicyclic) bond motifs is 1. The largest absolute Gasteiger partial charge is 0.496 e. The van der Waals surface area contributed by atoms with Gasteiger partial charge in [-0.25, -0.2) is 4.39 Å². The lowest BCUT2D eigenvalue weighted by atomic mass is 9.91. The predicted octanol–water partition coefficient (Wildman–Crippen LogP) is 3.81. The summed E-state index contributed by atoms with van der Waals surface area (Å²) in [7, 11) is 1.63. The minimum absolute atomic E-state index is 0.222. The van der Waals surface area contributed by atoms with Gasteiger partial charge in [-0.1, -0.05) is 36.8 Å². The van der Waals surface area contributed by atoms with Crippen LogP contribution in [0.3, 0.4) is 0 Å². The lowest BCUT2D eigenvalue weighted by molar-refractivity contribution is 0.364. The van der Waals surface area contributed by atoms with Crippen LogP contribution >= 0.6 is 0 Å². The number of rotatable bonds is 5. The minimum Gasteiger partial charge on any atom is -0.496 e. The fourth-order valence-corrected chi connectivity index (χ4v) is 4.55. The Hall–Kier alpha value is -1.91. The molecule has 1 aliphatic carbocycles. The van der Waals surface area contributed by atoms with E-state index in [4.69, 9.17) is 4.74 Å². The highest BCUT2D eigenvalue weighted by molar-refractivity contribution is 5.34. The van der Waals surface area contributed by atoms with Crippen molar-refractivity contribution in [2.24, 2.45) is 5.92 Å². The van der Waals surface area contributed by atoms with Gasteiger partial charge < -0.3 is 15.4 Å². The molecule has 4 heteroatoms. The van der Waals surface area contributed by atoms with Gasteiger partial charge in [-0.3, -0.25) is 0 Å². The number of hydrogen-bond donors (Lipinski definition) is 2. The number of ether oxygens (including phenoxy) is 1. The third kappa shape index (κ3) is 3.29. The SMILES string of the molecule is COc1ccc(F)cc1CNC1C(c2ccccc2)NC2CCCC21. The minimum atomic E-state index is -0.222. The maximum absolute atomic E-state index is 13.6. The molecule has 0 bridgehead atoms. The Morgan fingerprint density at radius 1 is 1.16 bits per heavy atom. The first kappa shape index (κ1) is 16.6. The zero-order valence-electron chi connectivity index (χ0n) is 14.5. The molecule has 3 nitrogen and oxygen atoms in total. The second kappa shape index (κ2) is 7.14. The van der Waals surface area contributed by atoms with Crippen molar-refractivity contribution in [2.75, 3.05) is 7.11 Å². The van der Waals surface area contributed by atoms with Gasteiger partial charge in [0.2, 0.25) is 0 Å². The van der Waals surface area contributed by atoms with Crippen LogP contribution in [0.15, 0.2) is 48.5 Å². The van der Waals surface area contributed by atoms with E-state index in [9.17, 15) is 4.39 Å². The van der Waals surface area contributed by atoms with Crippen molar-refractivity contribution in [3.05, 3.63) is 65.5 Å². The quantitative estimate of drug-likeness (QED) is 0.868. The van der Waals surface area contributed by atoms with Gasteiger partial charge in [-0.05, 0) is 42.5 Å². The molecule has 0 spiro atoms.